The Morgan fingerprint density at radius 2 is 1.70 bits per heavy atom. The van der Waals surface area contributed by atoms with Crippen LogP contribution in [0.2, 0.25) is 0 Å². The third kappa shape index (κ3) is 4.85. The number of hydrogen-bond acceptors (Lipinski definition) is 5. The fraction of sp³-hybridized carbons (Fsp3) is 0.258. The molecule has 6 nitrogen and oxygen atoms in total. The van der Waals surface area contributed by atoms with Crippen molar-refractivity contribution < 1.29 is 4.74 Å². The molecule has 2 heterocycles. The van der Waals surface area contributed by atoms with Crippen molar-refractivity contribution in [3.8, 4) is 17.1 Å². The van der Waals surface area contributed by atoms with E-state index in [4.69, 9.17) is 14.7 Å². The van der Waals surface area contributed by atoms with E-state index in [0.717, 1.165) is 76.2 Å². The molecule has 0 atom stereocenters. The average molecular weight is 490 g/mol. The molecule has 6 rings (SSSR count). The average Bonchev–Trinajstić information content (AvgIpc) is 2.94. The topological polar surface area (TPSA) is 64.3 Å². The number of pyridine rings is 1. The van der Waals surface area contributed by atoms with E-state index in [0.29, 0.717) is 6.10 Å². The standard InChI is InChI=1S/C31H31N5O/c1-21-12-13-23(20-32-21)34-27-18-29-31(19-28(27)33-22-14-16-25(37-2)17-15-22)36(24-8-4-3-5-9-24)30-11-7-6-10-26(30)35-29/h3-13,18-20,22,25,34H,14-17H2,1-2H3. The summed E-state index contributed by atoms with van der Waals surface area (Å²) in [5.74, 6) is 0. The number of para-hydroxylation sites is 3. The second-order valence-electron chi connectivity index (χ2n) is 9.74. The van der Waals surface area contributed by atoms with Crippen molar-refractivity contribution >= 4 is 22.4 Å². The van der Waals surface area contributed by atoms with Crippen LogP contribution in [0.3, 0.4) is 0 Å². The van der Waals surface area contributed by atoms with E-state index in [1.54, 1.807) is 0 Å². The van der Waals surface area contributed by atoms with Crippen molar-refractivity contribution in [2.75, 3.05) is 12.4 Å². The highest BCUT2D eigenvalue weighted by Gasteiger charge is 2.21. The number of nitrogens with zero attached hydrogens (tertiary/aromatic N) is 4. The van der Waals surface area contributed by atoms with Crippen LogP contribution >= 0.6 is 0 Å². The Morgan fingerprint density at radius 3 is 2.46 bits per heavy atom. The molecule has 1 aromatic heterocycles. The van der Waals surface area contributed by atoms with E-state index in [1.807, 2.05) is 38.4 Å². The van der Waals surface area contributed by atoms with Gasteiger partial charge >= 0.3 is 0 Å². The zero-order valence-electron chi connectivity index (χ0n) is 21.3. The Morgan fingerprint density at radius 1 is 0.919 bits per heavy atom. The van der Waals surface area contributed by atoms with Crippen LogP contribution in [0.15, 0.2) is 90.1 Å². The highest BCUT2D eigenvalue weighted by molar-refractivity contribution is 5.84. The fourth-order valence-electron chi connectivity index (χ4n) is 5.21. The minimum atomic E-state index is 0.263. The van der Waals surface area contributed by atoms with Gasteiger partial charge < -0.3 is 14.6 Å². The van der Waals surface area contributed by atoms with Gasteiger partial charge in [-0.05, 0) is 81.1 Å². The summed E-state index contributed by atoms with van der Waals surface area (Å²) in [4.78, 5) is 14.8. The SMILES string of the molecule is COC1CCC(N=c2cc3n(-c4ccccc4)c4ccccc4nc-3cc2Nc2ccc(C)nc2)CC1. The van der Waals surface area contributed by atoms with Gasteiger partial charge in [-0.1, -0.05) is 30.3 Å². The van der Waals surface area contributed by atoms with Crippen molar-refractivity contribution in [3.63, 3.8) is 0 Å². The number of rotatable bonds is 5. The third-order valence-corrected chi connectivity index (χ3v) is 7.20. The molecule has 3 aliphatic rings. The van der Waals surface area contributed by atoms with Crippen LogP contribution < -0.4 is 10.7 Å². The number of anilines is 2. The molecule has 0 saturated heterocycles. The Hall–Kier alpha value is -4.03. The second-order valence-corrected chi connectivity index (χ2v) is 9.74. The molecule has 0 bridgehead atoms. The predicted molar refractivity (Wildman–Crippen MR) is 149 cm³/mol. The highest BCUT2D eigenvalue weighted by Crippen LogP contribution is 2.31. The highest BCUT2D eigenvalue weighted by atomic mass is 16.5. The van der Waals surface area contributed by atoms with Crippen molar-refractivity contribution in [1.29, 1.82) is 0 Å². The molecule has 1 aliphatic heterocycles. The van der Waals surface area contributed by atoms with Crippen LogP contribution in [0.1, 0.15) is 31.4 Å². The molecule has 6 heteroatoms. The van der Waals surface area contributed by atoms with Gasteiger partial charge in [-0.2, -0.15) is 0 Å². The van der Waals surface area contributed by atoms with Crippen molar-refractivity contribution in [1.82, 2.24) is 14.5 Å². The maximum absolute atomic E-state index is 5.59. The minimum absolute atomic E-state index is 0.263. The Kier molecular flexibility index (Phi) is 6.41. The van der Waals surface area contributed by atoms with Crippen molar-refractivity contribution in [2.24, 2.45) is 4.99 Å². The van der Waals surface area contributed by atoms with Gasteiger partial charge in [0, 0.05) is 18.5 Å². The van der Waals surface area contributed by atoms with Crippen LogP contribution in [-0.2, 0) is 4.74 Å². The normalized spacial score (nSPS) is 18.4. The number of hydrogen-bond donors (Lipinski definition) is 1. The Labute approximate surface area is 217 Å². The van der Waals surface area contributed by atoms with E-state index >= 15 is 0 Å². The molecule has 186 valence electrons. The van der Waals surface area contributed by atoms with Crippen LogP contribution in [0, 0.1) is 6.92 Å². The summed E-state index contributed by atoms with van der Waals surface area (Å²) in [7, 11) is 1.81. The van der Waals surface area contributed by atoms with E-state index in [2.05, 4.69) is 75.5 Å². The van der Waals surface area contributed by atoms with Gasteiger partial charge in [0.15, 0.2) is 0 Å². The van der Waals surface area contributed by atoms with E-state index in [9.17, 15) is 0 Å². The van der Waals surface area contributed by atoms with Gasteiger partial charge in [-0.15, -0.1) is 0 Å². The molecule has 1 saturated carbocycles. The largest absolute Gasteiger partial charge is 0.381 e. The first kappa shape index (κ1) is 23.4. The van der Waals surface area contributed by atoms with Crippen LogP contribution in [0.25, 0.3) is 28.1 Å². The zero-order valence-corrected chi connectivity index (χ0v) is 21.3. The number of nitrogens with one attached hydrogen (secondary N) is 1. The number of fused-ring (bicyclic) bond motifs is 2. The molecule has 0 spiro atoms. The molecule has 37 heavy (non-hydrogen) atoms. The molecule has 1 N–H and O–H groups in total. The van der Waals surface area contributed by atoms with Crippen molar-refractivity contribution in [2.45, 2.75) is 44.8 Å². The smallest absolute Gasteiger partial charge is 0.0900 e. The van der Waals surface area contributed by atoms with Crippen LogP contribution in [0.5, 0.6) is 0 Å². The quantitative estimate of drug-likeness (QED) is 0.289. The zero-order chi connectivity index (χ0) is 25.2. The first-order valence-electron chi connectivity index (χ1n) is 13.0. The van der Waals surface area contributed by atoms with E-state index in [-0.39, 0.29) is 6.04 Å². The number of methoxy groups -OCH3 is 1. The molecular weight excluding hydrogens is 458 g/mol. The number of aromatic nitrogens is 3. The molecule has 0 amide bonds. The Balaban J connectivity index is 1.56. The number of benzene rings is 3. The molecule has 0 radical (unpaired) electrons. The summed E-state index contributed by atoms with van der Waals surface area (Å²) >= 11 is 0. The fourth-order valence-corrected chi connectivity index (χ4v) is 5.21. The van der Waals surface area contributed by atoms with Crippen molar-refractivity contribution in [3.05, 3.63) is 96.1 Å². The molecule has 2 aliphatic carbocycles. The summed E-state index contributed by atoms with van der Waals surface area (Å²) in [5.41, 5.74) is 7.91. The lowest BCUT2D eigenvalue weighted by Gasteiger charge is -2.25. The minimum Gasteiger partial charge on any atom is -0.381 e. The van der Waals surface area contributed by atoms with E-state index in [1.165, 1.54) is 0 Å². The molecule has 3 aromatic rings. The summed E-state index contributed by atoms with van der Waals surface area (Å²) < 4.78 is 7.88. The number of aryl methyl sites for hydroxylation is 1. The monoisotopic (exact) mass is 489 g/mol. The summed E-state index contributed by atoms with van der Waals surface area (Å²) in [6.07, 6.45) is 6.34. The molecular formula is C31H31N5O. The summed E-state index contributed by atoms with van der Waals surface area (Å²) in [6.45, 7) is 1.99. The van der Waals surface area contributed by atoms with Gasteiger partial charge in [-0.3, -0.25) is 9.98 Å². The van der Waals surface area contributed by atoms with E-state index < -0.39 is 0 Å². The summed E-state index contributed by atoms with van der Waals surface area (Å²) in [5, 5.41) is 4.52. The lowest BCUT2D eigenvalue weighted by Crippen LogP contribution is -2.25. The lowest BCUT2D eigenvalue weighted by atomic mass is 9.93. The lowest BCUT2D eigenvalue weighted by molar-refractivity contribution is 0.0663. The van der Waals surface area contributed by atoms with Crippen LogP contribution in [0.4, 0.5) is 11.4 Å². The maximum Gasteiger partial charge on any atom is 0.0900 e. The first-order valence-corrected chi connectivity index (χ1v) is 13.0. The predicted octanol–water partition coefficient (Wildman–Crippen LogP) is 6.44. The molecule has 1 fully saturated rings. The Bertz CT molecular complexity index is 1550. The maximum atomic E-state index is 5.59. The molecule has 0 unspecified atom stereocenters. The van der Waals surface area contributed by atoms with Gasteiger partial charge in [0.1, 0.15) is 0 Å². The summed E-state index contributed by atoms with van der Waals surface area (Å²) in [6, 6.07) is 27.4. The third-order valence-electron chi connectivity index (χ3n) is 7.20. The van der Waals surface area contributed by atoms with Crippen LogP contribution in [-0.4, -0.2) is 33.8 Å². The van der Waals surface area contributed by atoms with Gasteiger partial charge in [0.2, 0.25) is 0 Å². The first-order chi connectivity index (χ1) is 18.2. The van der Waals surface area contributed by atoms with Gasteiger partial charge in [-0.25, -0.2) is 4.98 Å². The van der Waals surface area contributed by atoms with Gasteiger partial charge in [0.25, 0.3) is 0 Å². The number of ether oxygens (including phenoxy) is 1. The molecule has 2 aromatic carbocycles. The van der Waals surface area contributed by atoms with Gasteiger partial charge in [0.05, 0.1) is 57.5 Å². The second kappa shape index (κ2) is 10.1.